The molecule has 0 heterocycles. The lowest BCUT2D eigenvalue weighted by Gasteiger charge is -2.20. The van der Waals surface area contributed by atoms with Crippen LogP contribution in [0.5, 0.6) is 0 Å². The monoisotopic (exact) mass is 325 g/mol. The Bertz CT molecular complexity index is 473. The molecule has 0 saturated heterocycles. The predicted molar refractivity (Wildman–Crippen MR) is 87.9 cm³/mol. The van der Waals surface area contributed by atoms with Crippen LogP contribution in [-0.4, -0.2) is 36.5 Å². The van der Waals surface area contributed by atoms with Crippen LogP contribution < -0.4 is 0 Å². The summed E-state index contributed by atoms with van der Waals surface area (Å²) in [5.41, 5.74) is 1.17. The fraction of sp³-hybridized carbons (Fsp3) is 0.529. The average Bonchev–Trinajstić information content (AvgIpc) is 2.50. The van der Waals surface area contributed by atoms with Crippen LogP contribution in [0.4, 0.5) is 0 Å². The molecular weight excluding hydrogens is 302 g/mol. The van der Waals surface area contributed by atoms with E-state index in [-0.39, 0.29) is 18.3 Å². The van der Waals surface area contributed by atoms with Crippen molar-refractivity contribution in [3.8, 4) is 0 Å². The van der Waals surface area contributed by atoms with Crippen molar-refractivity contribution in [1.29, 1.82) is 0 Å². The Hall–Kier alpha value is -1.55. The second-order valence-electron chi connectivity index (χ2n) is 5.01. The Kier molecular flexibility index (Phi) is 8.60. The molecule has 0 unspecified atom stereocenters. The number of nitrogens with zero attached hydrogens (tertiary/aromatic N) is 1. The Morgan fingerprint density at radius 3 is 2.41 bits per heavy atom. The van der Waals surface area contributed by atoms with Crippen LogP contribution in [0.2, 0.25) is 5.02 Å². The zero-order chi connectivity index (χ0) is 16.4. The molecular formula is C17H24ClNO3. The molecule has 122 valence electrons. The average molecular weight is 326 g/mol. The zero-order valence-corrected chi connectivity index (χ0v) is 14.1. The van der Waals surface area contributed by atoms with Gasteiger partial charge in [0, 0.05) is 24.5 Å². The van der Waals surface area contributed by atoms with Gasteiger partial charge in [0.25, 0.3) is 0 Å². The quantitative estimate of drug-likeness (QED) is 0.653. The highest BCUT2D eigenvalue weighted by molar-refractivity contribution is 6.30. The zero-order valence-electron chi connectivity index (χ0n) is 13.3. The fourth-order valence-electron chi connectivity index (χ4n) is 2.17. The van der Waals surface area contributed by atoms with E-state index in [2.05, 4.69) is 0 Å². The molecule has 0 fully saturated rings. The molecule has 0 radical (unpaired) electrons. The number of benzene rings is 1. The number of esters is 1. The van der Waals surface area contributed by atoms with Crippen LogP contribution in [0.25, 0.3) is 0 Å². The lowest BCUT2D eigenvalue weighted by Crippen LogP contribution is -2.33. The largest absolute Gasteiger partial charge is 0.466 e. The highest BCUT2D eigenvalue weighted by atomic mass is 35.5. The maximum atomic E-state index is 12.1. The van der Waals surface area contributed by atoms with Gasteiger partial charge in [0.15, 0.2) is 0 Å². The summed E-state index contributed by atoms with van der Waals surface area (Å²) >= 11 is 5.84. The number of rotatable bonds is 9. The van der Waals surface area contributed by atoms with Gasteiger partial charge in [0.1, 0.15) is 0 Å². The van der Waals surface area contributed by atoms with E-state index in [0.29, 0.717) is 26.1 Å². The Balaban J connectivity index is 2.32. The van der Waals surface area contributed by atoms with Crippen LogP contribution in [0.1, 0.15) is 38.7 Å². The van der Waals surface area contributed by atoms with Gasteiger partial charge in [-0.15, -0.1) is 0 Å². The predicted octanol–water partition coefficient (Wildman–Crippen LogP) is 3.46. The first-order valence-electron chi connectivity index (χ1n) is 7.74. The van der Waals surface area contributed by atoms with Crippen molar-refractivity contribution in [3.63, 3.8) is 0 Å². The van der Waals surface area contributed by atoms with Crippen molar-refractivity contribution in [2.75, 3.05) is 19.7 Å². The van der Waals surface area contributed by atoms with Crippen LogP contribution in [0, 0.1) is 0 Å². The lowest BCUT2D eigenvalue weighted by atomic mass is 10.1. The van der Waals surface area contributed by atoms with Crippen LogP contribution in [0.3, 0.4) is 0 Å². The van der Waals surface area contributed by atoms with Gasteiger partial charge in [0.05, 0.1) is 13.0 Å². The topological polar surface area (TPSA) is 46.6 Å². The Labute approximate surface area is 137 Å². The third kappa shape index (κ3) is 6.94. The molecule has 0 N–H and O–H groups in total. The molecule has 22 heavy (non-hydrogen) atoms. The molecule has 0 bridgehead atoms. The minimum Gasteiger partial charge on any atom is -0.466 e. The van der Waals surface area contributed by atoms with E-state index >= 15 is 0 Å². The van der Waals surface area contributed by atoms with E-state index in [0.717, 1.165) is 17.9 Å². The summed E-state index contributed by atoms with van der Waals surface area (Å²) in [4.78, 5) is 25.2. The van der Waals surface area contributed by atoms with Crippen molar-refractivity contribution in [1.82, 2.24) is 4.90 Å². The van der Waals surface area contributed by atoms with Gasteiger partial charge in [-0.1, -0.05) is 23.7 Å². The van der Waals surface area contributed by atoms with E-state index < -0.39 is 0 Å². The maximum Gasteiger partial charge on any atom is 0.307 e. The number of carbonyl (C=O) groups is 2. The molecule has 4 nitrogen and oxygen atoms in total. The first kappa shape index (κ1) is 18.5. The first-order chi connectivity index (χ1) is 10.6. The van der Waals surface area contributed by atoms with E-state index in [1.807, 2.05) is 31.2 Å². The Morgan fingerprint density at radius 1 is 1.14 bits per heavy atom. The summed E-state index contributed by atoms with van der Waals surface area (Å²) in [6.07, 6.45) is 2.37. The van der Waals surface area contributed by atoms with Gasteiger partial charge in [-0.2, -0.15) is 0 Å². The van der Waals surface area contributed by atoms with Gasteiger partial charge < -0.3 is 9.64 Å². The van der Waals surface area contributed by atoms with Gasteiger partial charge in [-0.05, 0) is 44.4 Å². The second kappa shape index (κ2) is 10.2. The van der Waals surface area contributed by atoms with Gasteiger partial charge in [-0.3, -0.25) is 9.59 Å². The molecule has 1 amide bonds. The van der Waals surface area contributed by atoms with Crippen molar-refractivity contribution in [2.45, 2.75) is 39.5 Å². The van der Waals surface area contributed by atoms with E-state index in [1.165, 1.54) is 5.56 Å². The molecule has 5 heteroatoms. The number of carbonyl (C=O) groups excluding carboxylic acids is 2. The molecule has 0 spiro atoms. The molecule has 0 aliphatic carbocycles. The minimum atomic E-state index is -0.255. The van der Waals surface area contributed by atoms with Crippen molar-refractivity contribution in [3.05, 3.63) is 34.9 Å². The summed E-state index contributed by atoms with van der Waals surface area (Å²) in [5, 5.41) is 0.718. The summed E-state index contributed by atoms with van der Waals surface area (Å²) in [6, 6.07) is 7.67. The maximum absolute atomic E-state index is 12.1. The summed E-state index contributed by atoms with van der Waals surface area (Å²) in [6.45, 7) is 5.11. The SMILES string of the molecule is CCOC(=O)CCN(CC)C(=O)CCCc1ccc(Cl)cc1. The van der Waals surface area contributed by atoms with Gasteiger partial charge in [-0.25, -0.2) is 0 Å². The fourth-order valence-corrected chi connectivity index (χ4v) is 2.30. The highest BCUT2D eigenvalue weighted by Crippen LogP contribution is 2.12. The molecule has 1 aromatic carbocycles. The molecule has 1 rings (SSSR count). The lowest BCUT2D eigenvalue weighted by molar-refractivity contribution is -0.144. The number of hydrogen-bond acceptors (Lipinski definition) is 3. The van der Waals surface area contributed by atoms with E-state index in [4.69, 9.17) is 16.3 Å². The number of amides is 1. The molecule has 0 aliphatic heterocycles. The smallest absolute Gasteiger partial charge is 0.307 e. The minimum absolute atomic E-state index is 0.0840. The number of halogens is 1. The summed E-state index contributed by atoms with van der Waals surface area (Å²) in [7, 11) is 0. The first-order valence-corrected chi connectivity index (χ1v) is 8.12. The summed E-state index contributed by atoms with van der Waals surface area (Å²) < 4.78 is 4.88. The molecule has 0 aliphatic rings. The molecule has 0 saturated carbocycles. The molecule has 0 aromatic heterocycles. The van der Waals surface area contributed by atoms with E-state index in [9.17, 15) is 9.59 Å². The molecule has 1 aromatic rings. The highest BCUT2D eigenvalue weighted by Gasteiger charge is 2.13. The van der Waals surface area contributed by atoms with Crippen LogP contribution in [-0.2, 0) is 20.7 Å². The summed E-state index contributed by atoms with van der Waals surface area (Å²) in [5.74, 6) is -0.171. The number of hydrogen-bond donors (Lipinski definition) is 0. The van der Waals surface area contributed by atoms with Crippen molar-refractivity contribution < 1.29 is 14.3 Å². The third-order valence-corrected chi connectivity index (χ3v) is 3.65. The Morgan fingerprint density at radius 2 is 1.82 bits per heavy atom. The van der Waals surface area contributed by atoms with Crippen LogP contribution >= 0.6 is 11.6 Å². The third-order valence-electron chi connectivity index (χ3n) is 3.39. The molecule has 0 atom stereocenters. The van der Waals surface area contributed by atoms with Gasteiger partial charge >= 0.3 is 5.97 Å². The number of ether oxygens (including phenoxy) is 1. The second-order valence-corrected chi connectivity index (χ2v) is 5.44. The van der Waals surface area contributed by atoms with Crippen LogP contribution in [0.15, 0.2) is 24.3 Å². The van der Waals surface area contributed by atoms with Crippen molar-refractivity contribution in [2.24, 2.45) is 0 Å². The van der Waals surface area contributed by atoms with E-state index in [1.54, 1.807) is 11.8 Å². The number of aryl methyl sites for hydroxylation is 1. The normalized spacial score (nSPS) is 10.3. The van der Waals surface area contributed by atoms with Crippen molar-refractivity contribution >= 4 is 23.5 Å². The standard InChI is InChI=1S/C17H24ClNO3/c1-3-19(13-12-17(21)22-4-2)16(20)7-5-6-14-8-10-15(18)11-9-14/h8-11H,3-7,12-13H2,1-2H3. The van der Waals surface area contributed by atoms with Gasteiger partial charge in [0.2, 0.25) is 5.91 Å².